The summed E-state index contributed by atoms with van der Waals surface area (Å²) in [6.45, 7) is 4.75. The van der Waals surface area contributed by atoms with Gasteiger partial charge in [-0.25, -0.2) is 13.6 Å². The molecule has 0 aromatic heterocycles. The van der Waals surface area contributed by atoms with Crippen LogP contribution >= 0.6 is 12.4 Å². The van der Waals surface area contributed by atoms with Gasteiger partial charge in [0.2, 0.25) is 21.8 Å². The molecule has 1 saturated heterocycles. The van der Waals surface area contributed by atoms with E-state index >= 15 is 0 Å². The van der Waals surface area contributed by atoms with E-state index in [2.05, 4.69) is 40.5 Å². The molecule has 8 nitrogen and oxygen atoms in total. The topological polar surface area (TPSA) is 113 Å². The summed E-state index contributed by atoms with van der Waals surface area (Å²) in [5.74, 6) is 0.107. The van der Waals surface area contributed by atoms with Gasteiger partial charge < -0.3 is 15.1 Å². The molecular weight excluding hydrogens is 656 g/mol. The van der Waals surface area contributed by atoms with Crippen LogP contribution in [-0.2, 0) is 45.4 Å². The van der Waals surface area contributed by atoms with Crippen LogP contribution in [0.3, 0.4) is 0 Å². The third-order valence-corrected chi connectivity index (χ3v) is 9.78. The van der Waals surface area contributed by atoms with Gasteiger partial charge in [0.05, 0.1) is 11.3 Å². The van der Waals surface area contributed by atoms with Gasteiger partial charge in [0.1, 0.15) is 0 Å². The molecule has 0 spiro atoms. The van der Waals surface area contributed by atoms with Crippen LogP contribution in [0.15, 0.2) is 108 Å². The lowest BCUT2D eigenvalue weighted by Crippen LogP contribution is -2.34. The number of halogens is 1. The van der Waals surface area contributed by atoms with Crippen LogP contribution in [0.1, 0.15) is 47.9 Å². The molecule has 1 aliphatic heterocycles. The van der Waals surface area contributed by atoms with Gasteiger partial charge in [-0.2, -0.15) is 0 Å². The van der Waals surface area contributed by atoms with Gasteiger partial charge >= 0.3 is 0 Å². The lowest BCUT2D eigenvalue weighted by molar-refractivity contribution is -0.132. The maximum Gasteiger partial charge on any atom is 0.238 e. The Hall–Kier alpha value is -4.02. The molecule has 0 atom stereocenters. The van der Waals surface area contributed by atoms with Crippen LogP contribution in [-0.4, -0.2) is 62.8 Å². The molecule has 4 aromatic carbocycles. The largest absolute Gasteiger partial charge is 0.355 e. The van der Waals surface area contributed by atoms with Gasteiger partial charge in [-0.15, -0.1) is 12.4 Å². The Morgan fingerprint density at radius 1 is 0.755 bits per heavy atom. The molecule has 0 radical (unpaired) electrons. The highest BCUT2D eigenvalue weighted by molar-refractivity contribution is 7.89. The lowest BCUT2D eigenvalue weighted by Gasteiger charge is -2.24. The fourth-order valence-corrected chi connectivity index (χ4v) is 6.70. The van der Waals surface area contributed by atoms with Crippen molar-refractivity contribution in [3.63, 3.8) is 0 Å². The van der Waals surface area contributed by atoms with E-state index in [0.29, 0.717) is 38.9 Å². The zero-order valence-corrected chi connectivity index (χ0v) is 29.6. The molecule has 0 aliphatic carbocycles. The second-order valence-corrected chi connectivity index (χ2v) is 14.1. The standard InChI is InChI=1S/C39H46N4O4S.ClH/c40-48(46,47)37-19-17-32(18-20-37)21-25-43(39(45)16-8-11-31-9-2-1-3-10-31)30-34-13-7-15-36(28-34)35-14-6-12-33(27-35)29-38(44)41-22-26-42-23-4-5-24-42;/h1-3,6-7,9-10,12-15,17-20,27-28H,4-5,8,11,16,21-26,29-30H2,(H,41,44)(H2,40,46,47);1H. The molecule has 0 bridgehead atoms. The van der Waals surface area contributed by atoms with Crippen molar-refractivity contribution in [2.45, 2.75) is 56.4 Å². The molecule has 0 saturated carbocycles. The molecule has 5 rings (SSSR count). The predicted octanol–water partition coefficient (Wildman–Crippen LogP) is 5.77. The molecule has 2 amide bonds. The Morgan fingerprint density at radius 3 is 2.04 bits per heavy atom. The van der Waals surface area contributed by atoms with E-state index in [0.717, 1.165) is 60.3 Å². The van der Waals surface area contributed by atoms with Crippen molar-refractivity contribution in [2.75, 3.05) is 32.7 Å². The summed E-state index contributed by atoms with van der Waals surface area (Å²) in [4.78, 5) is 30.6. The second-order valence-electron chi connectivity index (χ2n) is 12.6. The minimum Gasteiger partial charge on any atom is -0.355 e. The molecule has 4 aromatic rings. The summed E-state index contributed by atoms with van der Waals surface area (Å²) in [5, 5.41) is 8.33. The molecule has 1 fully saturated rings. The van der Waals surface area contributed by atoms with Crippen molar-refractivity contribution in [1.82, 2.24) is 15.1 Å². The average molecular weight is 703 g/mol. The highest BCUT2D eigenvalue weighted by Gasteiger charge is 2.16. The molecule has 49 heavy (non-hydrogen) atoms. The van der Waals surface area contributed by atoms with Gasteiger partial charge in [-0.1, -0.05) is 84.9 Å². The summed E-state index contributed by atoms with van der Waals surface area (Å²) in [7, 11) is -3.77. The number of primary sulfonamides is 1. The molecule has 260 valence electrons. The number of carbonyl (C=O) groups excluding carboxylic acids is 2. The Labute approximate surface area is 297 Å². The minimum absolute atomic E-state index is 0. The normalized spacial score (nSPS) is 13.1. The van der Waals surface area contributed by atoms with Crippen LogP contribution in [0.4, 0.5) is 0 Å². The third-order valence-electron chi connectivity index (χ3n) is 8.85. The van der Waals surface area contributed by atoms with Crippen LogP contribution in [0.2, 0.25) is 0 Å². The van der Waals surface area contributed by atoms with E-state index in [1.807, 2.05) is 53.4 Å². The Kier molecular flexibility index (Phi) is 14.4. The Bertz CT molecular complexity index is 1760. The summed E-state index contributed by atoms with van der Waals surface area (Å²) in [6, 6.07) is 33.0. The number of amides is 2. The minimum atomic E-state index is -3.77. The van der Waals surface area contributed by atoms with Crippen LogP contribution in [0, 0.1) is 0 Å². The fourth-order valence-electron chi connectivity index (χ4n) is 6.19. The summed E-state index contributed by atoms with van der Waals surface area (Å²) in [5.41, 5.74) is 6.16. The fraction of sp³-hybridized carbons (Fsp3) is 0.333. The number of rotatable bonds is 16. The zero-order valence-electron chi connectivity index (χ0n) is 27.9. The number of hydrogen-bond donors (Lipinski definition) is 2. The predicted molar refractivity (Wildman–Crippen MR) is 198 cm³/mol. The average Bonchev–Trinajstić information content (AvgIpc) is 3.61. The number of nitrogens with two attached hydrogens (primary N) is 1. The summed E-state index contributed by atoms with van der Waals surface area (Å²) >= 11 is 0. The number of nitrogens with one attached hydrogen (secondary N) is 1. The zero-order chi connectivity index (χ0) is 33.8. The van der Waals surface area contributed by atoms with Crippen molar-refractivity contribution >= 4 is 34.2 Å². The third kappa shape index (κ3) is 12.1. The Balaban J connectivity index is 0.00000541. The second kappa shape index (κ2) is 18.7. The first-order valence-corrected chi connectivity index (χ1v) is 18.4. The molecule has 1 heterocycles. The van der Waals surface area contributed by atoms with Crippen molar-refractivity contribution < 1.29 is 18.0 Å². The van der Waals surface area contributed by atoms with Crippen molar-refractivity contribution in [3.05, 3.63) is 125 Å². The number of benzene rings is 4. The smallest absolute Gasteiger partial charge is 0.238 e. The van der Waals surface area contributed by atoms with Gasteiger partial charge in [0.15, 0.2) is 0 Å². The van der Waals surface area contributed by atoms with Crippen molar-refractivity contribution in [1.29, 1.82) is 0 Å². The number of aryl methyl sites for hydroxylation is 1. The number of hydrogen-bond acceptors (Lipinski definition) is 5. The number of nitrogens with zero attached hydrogens (tertiary/aromatic N) is 2. The first-order chi connectivity index (χ1) is 23.2. The first-order valence-electron chi connectivity index (χ1n) is 16.8. The van der Waals surface area contributed by atoms with E-state index in [4.69, 9.17) is 5.14 Å². The summed E-state index contributed by atoms with van der Waals surface area (Å²) < 4.78 is 23.4. The van der Waals surface area contributed by atoms with E-state index in [9.17, 15) is 18.0 Å². The molecular formula is C39H47ClN4O4S. The lowest BCUT2D eigenvalue weighted by atomic mass is 9.99. The number of sulfonamides is 1. The van der Waals surface area contributed by atoms with Crippen LogP contribution in [0.5, 0.6) is 0 Å². The van der Waals surface area contributed by atoms with Crippen molar-refractivity contribution in [3.8, 4) is 11.1 Å². The molecule has 3 N–H and O–H groups in total. The quantitative estimate of drug-likeness (QED) is 0.154. The van der Waals surface area contributed by atoms with Gasteiger partial charge in [-0.3, -0.25) is 9.59 Å². The molecule has 1 aliphatic rings. The number of carbonyl (C=O) groups is 2. The highest BCUT2D eigenvalue weighted by Crippen LogP contribution is 2.23. The van der Waals surface area contributed by atoms with Gasteiger partial charge in [-0.05, 0) is 96.8 Å². The SMILES string of the molecule is Cl.NS(=O)(=O)c1ccc(CCN(Cc2cccc(-c3cccc(CC(=O)NCCN4CCCC4)c3)c2)C(=O)CCCc2ccccc2)cc1. The van der Waals surface area contributed by atoms with Crippen LogP contribution in [0.25, 0.3) is 11.1 Å². The maximum absolute atomic E-state index is 13.6. The number of likely N-dealkylation sites (tertiary alicyclic amines) is 1. The van der Waals surface area contributed by atoms with E-state index in [1.54, 1.807) is 12.1 Å². The summed E-state index contributed by atoms with van der Waals surface area (Å²) in [6.07, 6.45) is 5.41. The Morgan fingerprint density at radius 2 is 1.37 bits per heavy atom. The van der Waals surface area contributed by atoms with E-state index < -0.39 is 10.0 Å². The maximum atomic E-state index is 13.6. The molecule has 10 heteroatoms. The van der Waals surface area contributed by atoms with E-state index in [1.165, 1.54) is 30.5 Å². The van der Waals surface area contributed by atoms with Crippen molar-refractivity contribution in [2.24, 2.45) is 5.14 Å². The van der Waals surface area contributed by atoms with Gasteiger partial charge in [0.25, 0.3) is 0 Å². The first kappa shape index (κ1) is 37.8. The van der Waals surface area contributed by atoms with Gasteiger partial charge in [0, 0.05) is 32.6 Å². The van der Waals surface area contributed by atoms with Crippen LogP contribution < -0.4 is 10.5 Å². The highest BCUT2D eigenvalue weighted by atomic mass is 35.5. The molecule has 0 unspecified atom stereocenters. The monoisotopic (exact) mass is 702 g/mol. The van der Waals surface area contributed by atoms with E-state index in [-0.39, 0.29) is 29.1 Å².